The van der Waals surface area contributed by atoms with Crippen LogP contribution in [-0.2, 0) is 91.0 Å². The third-order valence-corrected chi connectivity index (χ3v) is 37.1. The zero-order valence-electron chi connectivity index (χ0n) is 82.8. The molecule has 6 aliphatic carbocycles. The fourth-order valence-electron chi connectivity index (χ4n) is 21.8. The molecule has 3 saturated heterocycles. The second-order valence-electron chi connectivity index (χ2n) is 42.1. The van der Waals surface area contributed by atoms with E-state index in [1.165, 1.54) is 20.8 Å². The van der Waals surface area contributed by atoms with E-state index in [-0.39, 0.29) is 148 Å². The number of rotatable bonds is 16. The van der Waals surface area contributed by atoms with Gasteiger partial charge in [0.2, 0.25) is 65.5 Å². The number of carbonyl (C=O) groups is 10. The summed E-state index contributed by atoms with van der Waals surface area (Å²) in [7, 11) is -8.05. The Hall–Kier alpha value is -11.3. The van der Waals surface area contributed by atoms with Gasteiger partial charge in [0.05, 0.1) is 118 Å². The van der Waals surface area contributed by atoms with Crippen molar-refractivity contribution in [3.05, 3.63) is 186 Å². The second kappa shape index (κ2) is 44.4. The third kappa shape index (κ3) is 24.4. The number of hydrogen-bond donors (Lipinski definition) is 4. The Bertz CT molecular complexity index is 6560. The molecule has 9 heterocycles. The molecule has 15 atom stereocenters. The molecule has 7 amide bonds. The molecule has 30 nitrogen and oxygen atoms in total. The number of aliphatic hydroxyl groups excluding tert-OH is 1. The number of aromatic nitrogens is 2. The lowest BCUT2D eigenvalue weighted by atomic mass is 9.91. The lowest BCUT2D eigenvalue weighted by molar-refractivity contribution is -0.142. The summed E-state index contributed by atoms with van der Waals surface area (Å²) in [6.07, 6.45) is 26.7. The minimum absolute atomic E-state index is 0.0407. The Kier molecular flexibility index (Phi) is 32.1. The van der Waals surface area contributed by atoms with Gasteiger partial charge in [0.25, 0.3) is 0 Å². The lowest BCUT2D eigenvalue weighted by Crippen LogP contribution is -2.46. The van der Waals surface area contributed by atoms with Gasteiger partial charge in [-0.15, -0.1) is 0 Å². The van der Waals surface area contributed by atoms with Gasteiger partial charge >= 0.3 is 6.09 Å². The maximum Gasteiger partial charge on any atom is 0.410 e. The number of allylic oxidation sites excluding steroid dienone is 6. The van der Waals surface area contributed by atoms with E-state index in [0.29, 0.717) is 97.4 Å². The van der Waals surface area contributed by atoms with Crippen molar-refractivity contribution in [3.8, 4) is 39.8 Å². The molecule has 13 aliphatic rings. The molecule has 0 unspecified atom stereocenters. The SMILES string of the molecule is COc1ccc2c(Cl)cc(-c3ccccc3)nc2c1.COc1ccc2c(O[C@@H]3C[C@H]4C(=O)C[C@]5(C(=O)NS(=O)(=O)C6CC6)C[C@H]5/C=C\CCCCC[C@H](C)C(=O)N4C3)cc(-c3ccccc3)nc2c1.C[C@H]1CCCCC/C=C\[C@@H]2C[C@@]2(C(=O)NS(=O)(=O)C2CC2)CC(=O)[C@@H]2C[C@@H](O)CN2C1=O.C[C@H]1CCCCC/C=C\[C@@H]2C[C@@]2(C(=O)NS(=O)(=O)C2CC2)CC(=O)[C@@H]2C[C@@H](OC(=O)N3Cc4cccc(F)c4C3)CN2C1=O. The molecule has 7 aromatic rings. The zero-order valence-corrected chi connectivity index (χ0v) is 86.0. The predicted octanol–water partition coefficient (Wildman–Crippen LogP) is 16.2. The van der Waals surface area contributed by atoms with Gasteiger partial charge in [-0.05, 0) is 175 Å². The Labute approximate surface area is 852 Å². The topological polar surface area (TPSA) is 405 Å². The monoisotopic (exact) mass is 2060 g/mol. The van der Waals surface area contributed by atoms with Crippen LogP contribution in [0.1, 0.15) is 225 Å². The van der Waals surface area contributed by atoms with Crippen molar-refractivity contribution in [1.82, 2.24) is 43.7 Å². The number of methoxy groups -OCH3 is 2. The van der Waals surface area contributed by atoms with Crippen molar-refractivity contribution < 1.29 is 102 Å². The minimum atomic E-state index is -3.80. The Morgan fingerprint density at radius 2 is 0.855 bits per heavy atom. The molecular weight excluding hydrogens is 1930 g/mol. The highest BCUT2D eigenvalue weighted by Crippen LogP contribution is 2.60. The molecule has 0 radical (unpaired) electrons. The van der Waals surface area contributed by atoms with Crippen molar-refractivity contribution in [2.45, 2.75) is 279 Å². The van der Waals surface area contributed by atoms with Gasteiger partial charge in [0.1, 0.15) is 35.3 Å². The van der Waals surface area contributed by atoms with E-state index in [4.69, 9.17) is 35.5 Å². The smallest absolute Gasteiger partial charge is 0.410 e. The number of carbonyl (C=O) groups excluding carboxylic acids is 10. The van der Waals surface area contributed by atoms with E-state index < -0.39 is 122 Å². The van der Waals surface area contributed by atoms with Gasteiger partial charge in [0.15, 0.2) is 17.3 Å². The van der Waals surface area contributed by atoms with Crippen molar-refractivity contribution in [1.29, 1.82) is 0 Å². The highest BCUT2D eigenvalue weighted by molar-refractivity contribution is 7.91. The fourth-order valence-corrected chi connectivity index (χ4v) is 26.2. The van der Waals surface area contributed by atoms with Crippen LogP contribution >= 0.6 is 11.6 Å². The number of nitrogens with one attached hydrogen (secondary N) is 3. The van der Waals surface area contributed by atoms with Gasteiger partial charge < -0.3 is 38.8 Å². The molecule has 0 spiro atoms. The average Bonchev–Trinajstić information content (AvgIpc) is 1.58. The standard InChI is InChI=1S/C39H45N3O7S.C32H40FN3O7S.C23H34N2O6S.C16H12ClNO/c1-25-11-7-4-3-5-10-14-27-22-39(27,38(45)41-50(46,47)30-16-17-30)23-35(43)34-20-29(24-42(34)37(25)44)49-36-21-32(26-12-8-6-9-13-26)40-33-19-28(48-2)15-18-31(33)36;1-20-8-5-3-2-4-6-10-22-15-32(22,30(39)34-44(41,42)24-12-13-24)16-28(37)27-14-23(18-36(27)29(20)38)43-31(40)35-17-21-9-7-11-26(33)25(21)19-35;1-15-7-5-3-2-4-6-8-16-12-23(16,22(29)24-32(30,31)18-9-10-18)13-20(27)19-11-17(26)14-25(19)21(15)28;1-19-12-7-8-13-14(17)10-15(18-16(13)9-12)11-5-3-2-4-6-11/h6,8-10,12-15,18-19,21,25,27,29-30,34H,3-5,7,11,16-17,20,22-24H2,1-2H3,(H,41,45);6-7,9-11,20,22-24,27H,2-5,8,12-19H2,1H3,(H,34,39);6,8,15-19,26H,2-5,7,9-14H2,1H3,(H,24,29);2-10H,1H3/b14-10-;10-6-;8-6-;/t25-,27+,29+,34-,39+;20-,22+,23+,27-,32+;15-,16+,17+,19-,23+;/m000./s1. The Morgan fingerprint density at radius 1 is 0.455 bits per heavy atom. The highest BCUT2D eigenvalue weighted by atomic mass is 35.5. The van der Waals surface area contributed by atoms with E-state index in [1.807, 2.05) is 160 Å². The summed E-state index contributed by atoms with van der Waals surface area (Å²) < 4.78 is 120. The Balaban J connectivity index is 0.000000139. The minimum Gasteiger partial charge on any atom is -0.497 e. The second-order valence-corrected chi connectivity index (χ2v) is 48.4. The first-order chi connectivity index (χ1) is 69.5. The number of benzene rings is 5. The number of halogens is 2. The van der Waals surface area contributed by atoms with Crippen LogP contribution in [0.25, 0.3) is 44.3 Å². The first kappa shape index (κ1) is 105. The molecule has 0 bridgehead atoms. The van der Waals surface area contributed by atoms with Crippen molar-refractivity contribution >= 4 is 122 Å². The molecule has 9 fully saturated rings. The van der Waals surface area contributed by atoms with E-state index >= 15 is 0 Å². The van der Waals surface area contributed by atoms with Gasteiger partial charge in [-0.3, -0.25) is 62.2 Å². The van der Waals surface area contributed by atoms with E-state index in [2.05, 4.69) is 25.2 Å². The summed E-state index contributed by atoms with van der Waals surface area (Å²) in [5.41, 5.74) is 2.79. The largest absolute Gasteiger partial charge is 0.497 e. The van der Waals surface area contributed by atoms with Crippen LogP contribution in [0.3, 0.4) is 0 Å². The van der Waals surface area contributed by atoms with Gasteiger partial charge in [0, 0.05) is 115 Å². The van der Waals surface area contributed by atoms with Crippen LogP contribution in [-0.4, -0.2) is 205 Å². The molecule has 7 aliphatic heterocycles. The highest BCUT2D eigenvalue weighted by Gasteiger charge is 2.65. The molecule has 5 aromatic carbocycles. The van der Waals surface area contributed by atoms with Crippen LogP contribution in [0.4, 0.5) is 9.18 Å². The quantitative estimate of drug-likeness (QED) is 0.0653. The Morgan fingerprint density at radius 3 is 1.28 bits per heavy atom. The number of hydrogen-bond acceptors (Lipinski definition) is 23. The summed E-state index contributed by atoms with van der Waals surface area (Å²) >= 11 is 6.33. The van der Waals surface area contributed by atoms with Gasteiger partial charge in [-0.2, -0.15) is 0 Å². The summed E-state index contributed by atoms with van der Waals surface area (Å²) in [5, 5.41) is 11.0. The number of nitrogens with zero attached hydrogens (tertiary/aromatic N) is 6. The number of amides is 7. The number of fused-ring (bicyclic) bond motifs is 9. The van der Waals surface area contributed by atoms with Gasteiger partial charge in [-0.1, -0.05) is 180 Å². The number of ketones is 3. The van der Waals surface area contributed by atoms with E-state index in [0.717, 1.165) is 134 Å². The van der Waals surface area contributed by atoms with Crippen molar-refractivity contribution in [3.63, 3.8) is 0 Å². The van der Waals surface area contributed by atoms with Crippen LogP contribution in [0.5, 0.6) is 17.2 Å². The zero-order chi connectivity index (χ0) is 103. The van der Waals surface area contributed by atoms with Crippen molar-refractivity contribution in [2.24, 2.45) is 51.8 Å². The molecule has 35 heteroatoms. The summed E-state index contributed by atoms with van der Waals surface area (Å²) in [6.45, 7) is 6.28. The molecule has 20 rings (SSSR count). The molecule has 145 heavy (non-hydrogen) atoms. The summed E-state index contributed by atoms with van der Waals surface area (Å²) in [6, 6.07) is 37.1. The number of sulfonamides is 3. The summed E-state index contributed by atoms with van der Waals surface area (Å²) in [5.74, 6) is -3.08. The number of ether oxygens (including phenoxy) is 4. The van der Waals surface area contributed by atoms with Crippen LogP contribution in [0.15, 0.2) is 164 Å². The molecule has 774 valence electrons. The number of pyridine rings is 2. The normalized spacial score (nSPS) is 29.0. The van der Waals surface area contributed by atoms with Crippen molar-refractivity contribution in [2.75, 3.05) is 33.9 Å². The molecule has 6 saturated carbocycles. The number of aliphatic hydroxyl groups is 1. The first-order valence-electron chi connectivity index (χ1n) is 51.5. The van der Waals surface area contributed by atoms with Crippen LogP contribution < -0.4 is 28.4 Å². The van der Waals surface area contributed by atoms with E-state index in [9.17, 15) is 82.7 Å². The fraction of sp³-hybridized carbons (Fsp3) is 0.527. The van der Waals surface area contributed by atoms with Crippen LogP contribution in [0, 0.1) is 57.6 Å². The average molecular weight is 2070 g/mol. The third-order valence-electron chi connectivity index (χ3n) is 31.3. The predicted molar refractivity (Wildman–Crippen MR) is 544 cm³/mol. The lowest BCUT2D eigenvalue weighted by Gasteiger charge is -2.27. The maximum absolute atomic E-state index is 14.3. The maximum atomic E-state index is 14.3. The molecule has 2 aromatic heterocycles. The van der Waals surface area contributed by atoms with Gasteiger partial charge in [-0.25, -0.2) is 44.4 Å². The first-order valence-corrected chi connectivity index (χ1v) is 56.5. The molecule has 4 N–H and O–H groups in total. The molecular formula is C110H131ClFN9O21S3. The van der Waals surface area contributed by atoms with Crippen LogP contribution in [0.2, 0.25) is 5.02 Å². The number of Topliss-reactive ketones (excluding diaryl/α,β-unsaturated/α-hetero) is 3. The summed E-state index contributed by atoms with van der Waals surface area (Å²) in [4.78, 5) is 151. The van der Waals surface area contributed by atoms with E-state index in [1.54, 1.807) is 31.3 Å².